The zero-order valence-corrected chi connectivity index (χ0v) is 12.0. The highest BCUT2D eigenvalue weighted by Crippen LogP contribution is 2.28. The Hall–Kier alpha value is -0.0800. The number of hydrogen-bond acceptors (Lipinski definition) is 2. The molecule has 17 heavy (non-hydrogen) atoms. The van der Waals surface area contributed by atoms with Gasteiger partial charge in [0.25, 0.3) is 0 Å². The molecular formula is C15H31NO. The zero-order valence-electron chi connectivity index (χ0n) is 12.0. The van der Waals surface area contributed by atoms with Crippen molar-refractivity contribution in [3.8, 4) is 0 Å². The van der Waals surface area contributed by atoms with Gasteiger partial charge < -0.3 is 10.4 Å². The molecule has 2 nitrogen and oxygen atoms in total. The van der Waals surface area contributed by atoms with Gasteiger partial charge in [-0.25, -0.2) is 0 Å². The van der Waals surface area contributed by atoms with Gasteiger partial charge in [-0.3, -0.25) is 0 Å². The molecule has 1 fully saturated rings. The Morgan fingerprint density at radius 1 is 1.24 bits per heavy atom. The summed E-state index contributed by atoms with van der Waals surface area (Å²) < 4.78 is 0. The number of hydrogen-bond donors (Lipinski definition) is 2. The molecule has 0 spiro atoms. The molecule has 2 unspecified atom stereocenters. The van der Waals surface area contributed by atoms with Crippen molar-refractivity contribution in [1.82, 2.24) is 5.32 Å². The molecule has 0 aromatic rings. The molecule has 1 aliphatic carbocycles. The summed E-state index contributed by atoms with van der Waals surface area (Å²) in [6.07, 6.45) is 9.30. The molecule has 1 saturated carbocycles. The van der Waals surface area contributed by atoms with Crippen LogP contribution in [-0.4, -0.2) is 24.3 Å². The fourth-order valence-corrected chi connectivity index (χ4v) is 2.85. The van der Waals surface area contributed by atoms with E-state index in [-0.39, 0.29) is 12.0 Å². The van der Waals surface area contributed by atoms with Crippen LogP contribution in [0.1, 0.15) is 65.7 Å². The van der Waals surface area contributed by atoms with Crippen molar-refractivity contribution in [2.75, 3.05) is 13.2 Å². The van der Waals surface area contributed by atoms with Crippen LogP contribution in [0.2, 0.25) is 0 Å². The van der Waals surface area contributed by atoms with Crippen molar-refractivity contribution in [1.29, 1.82) is 0 Å². The largest absolute Gasteiger partial charge is 0.396 e. The highest BCUT2D eigenvalue weighted by Gasteiger charge is 2.26. The minimum Gasteiger partial charge on any atom is -0.396 e. The van der Waals surface area contributed by atoms with E-state index in [0.29, 0.717) is 6.04 Å². The Labute approximate surface area is 107 Å². The van der Waals surface area contributed by atoms with Gasteiger partial charge in [0.15, 0.2) is 0 Å². The molecule has 0 aromatic carbocycles. The Kier molecular flexibility index (Phi) is 6.50. The maximum atomic E-state index is 9.44. The standard InChI is InChI=1S/C15H31NO/c1-4-14(13-9-7-6-8-10-13)16-11-15(3,5-2)12-17/h13-14,16-17H,4-12H2,1-3H3. The van der Waals surface area contributed by atoms with E-state index in [1.54, 1.807) is 0 Å². The monoisotopic (exact) mass is 241 g/mol. The van der Waals surface area contributed by atoms with Gasteiger partial charge in [-0.05, 0) is 31.6 Å². The van der Waals surface area contributed by atoms with E-state index in [1.807, 2.05) is 0 Å². The molecule has 0 heterocycles. The van der Waals surface area contributed by atoms with E-state index >= 15 is 0 Å². The molecule has 0 bridgehead atoms. The maximum Gasteiger partial charge on any atom is 0.0496 e. The molecule has 102 valence electrons. The number of rotatable bonds is 7. The van der Waals surface area contributed by atoms with E-state index in [9.17, 15) is 5.11 Å². The Bertz CT molecular complexity index is 195. The third-order valence-electron chi connectivity index (χ3n) is 4.68. The summed E-state index contributed by atoms with van der Waals surface area (Å²) in [5.74, 6) is 0.869. The van der Waals surface area contributed by atoms with Crippen LogP contribution in [0.5, 0.6) is 0 Å². The third-order valence-corrected chi connectivity index (χ3v) is 4.68. The second kappa shape index (κ2) is 7.38. The summed E-state index contributed by atoms with van der Waals surface area (Å²) in [7, 11) is 0. The van der Waals surface area contributed by atoms with Crippen LogP contribution < -0.4 is 5.32 Å². The minimum absolute atomic E-state index is 0.0576. The summed E-state index contributed by atoms with van der Waals surface area (Å²) in [5.41, 5.74) is 0.0576. The first kappa shape index (κ1) is 15.0. The van der Waals surface area contributed by atoms with Crippen molar-refractivity contribution >= 4 is 0 Å². The third kappa shape index (κ3) is 4.59. The predicted molar refractivity (Wildman–Crippen MR) is 74.1 cm³/mol. The molecule has 0 aliphatic heterocycles. The fraction of sp³-hybridized carbons (Fsp3) is 1.00. The van der Waals surface area contributed by atoms with Crippen LogP contribution in [0.3, 0.4) is 0 Å². The van der Waals surface area contributed by atoms with Crippen LogP contribution in [-0.2, 0) is 0 Å². The second-order valence-electron chi connectivity index (χ2n) is 6.12. The van der Waals surface area contributed by atoms with Gasteiger partial charge in [-0.1, -0.05) is 40.0 Å². The van der Waals surface area contributed by atoms with Crippen molar-refractivity contribution in [2.45, 2.75) is 71.8 Å². The van der Waals surface area contributed by atoms with Crippen molar-refractivity contribution in [3.05, 3.63) is 0 Å². The summed E-state index contributed by atoms with van der Waals surface area (Å²) in [6, 6.07) is 0.660. The average molecular weight is 241 g/mol. The smallest absolute Gasteiger partial charge is 0.0496 e. The molecule has 2 atom stereocenters. The first-order chi connectivity index (χ1) is 8.15. The van der Waals surface area contributed by atoms with E-state index in [2.05, 4.69) is 26.1 Å². The van der Waals surface area contributed by atoms with Crippen LogP contribution in [0.4, 0.5) is 0 Å². The number of aliphatic hydroxyl groups excluding tert-OH is 1. The van der Waals surface area contributed by atoms with Crippen LogP contribution in [0, 0.1) is 11.3 Å². The van der Waals surface area contributed by atoms with Crippen molar-refractivity contribution in [2.24, 2.45) is 11.3 Å². The summed E-state index contributed by atoms with van der Waals surface area (Å²) >= 11 is 0. The van der Waals surface area contributed by atoms with Crippen molar-refractivity contribution in [3.63, 3.8) is 0 Å². The summed E-state index contributed by atoms with van der Waals surface area (Å²) in [4.78, 5) is 0. The molecule has 0 radical (unpaired) electrons. The first-order valence-electron chi connectivity index (χ1n) is 7.49. The summed E-state index contributed by atoms with van der Waals surface area (Å²) in [6.45, 7) is 7.87. The SMILES string of the molecule is CCC(NCC(C)(CC)CO)C1CCCCC1. The van der Waals surface area contributed by atoms with Gasteiger partial charge in [0.2, 0.25) is 0 Å². The topological polar surface area (TPSA) is 32.3 Å². The predicted octanol–water partition coefficient (Wildman–Crippen LogP) is 3.34. The van der Waals surface area contributed by atoms with Gasteiger partial charge in [0.1, 0.15) is 0 Å². The lowest BCUT2D eigenvalue weighted by Crippen LogP contribution is -2.43. The van der Waals surface area contributed by atoms with Crippen LogP contribution >= 0.6 is 0 Å². The fourth-order valence-electron chi connectivity index (χ4n) is 2.85. The van der Waals surface area contributed by atoms with E-state index in [0.717, 1.165) is 18.9 Å². The molecule has 2 N–H and O–H groups in total. The van der Waals surface area contributed by atoms with Gasteiger partial charge in [-0.2, -0.15) is 0 Å². The maximum absolute atomic E-state index is 9.44. The normalized spacial score (nSPS) is 23.3. The zero-order chi connectivity index (χ0) is 12.7. The molecule has 0 aromatic heterocycles. The van der Waals surface area contributed by atoms with Gasteiger partial charge in [-0.15, -0.1) is 0 Å². The Morgan fingerprint density at radius 3 is 2.35 bits per heavy atom. The highest BCUT2D eigenvalue weighted by atomic mass is 16.3. The number of aliphatic hydroxyl groups is 1. The van der Waals surface area contributed by atoms with Gasteiger partial charge in [0.05, 0.1) is 0 Å². The summed E-state index contributed by atoms with van der Waals surface area (Å²) in [5, 5.41) is 13.2. The molecule has 0 saturated heterocycles. The quantitative estimate of drug-likeness (QED) is 0.716. The lowest BCUT2D eigenvalue weighted by atomic mass is 9.81. The van der Waals surface area contributed by atoms with E-state index in [1.165, 1.54) is 38.5 Å². The van der Waals surface area contributed by atoms with Crippen LogP contribution in [0.15, 0.2) is 0 Å². The van der Waals surface area contributed by atoms with Crippen molar-refractivity contribution < 1.29 is 5.11 Å². The van der Waals surface area contributed by atoms with E-state index in [4.69, 9.17) is 0 Å². The van der Waals surface area contributed by atoms with E-state index < -0.39 is 0 Å². The lowest BCUT2D eigenvalue weighted by molar-refractivity contribution is 0.124. The molecule has 1 aliphatic rings. The average Bonchev–Trinajstić information content (AvgIpc) is 2.40. The molecular weight excluding hydrogens is 210 g/mol. The first-order valence-corrected chi connectivity index (χ1v) is 7.49. The Balaban J connectivity index is 2.40. The molecule has 1 rings (SSSR count). The highest BCUT2D eigenvalue weighted by molar-refractivity contribution is 4.82. The molecule has 2 heteroatoms. The van der Waals surface area contributed by atoms with Gasteiger partial charge >= 0.3 is 0 Å². The number of nitrogens with one attached hydrogen (secondary N) is 1. The van der Waals surface area contributed by atoms with Gasteiger partial charge in [0, 0.05) is 24.6 Å². The van der Waals surface area contributed by atoms with Crippen LogP contribution in [0.25, 0.3) is 0 Å². The molecule has 0 amide bonds. The Morgan fingerprint density at radius 2 is 1.88 bits per heavy atom. The second-order valence-corrected chi connectivity index (χ2v) is 6.12. The minimum atomic E-state index is 0.0576. The lowest BCUT2D eigenvalue weighted by Gasteiger charge is -2.34.